The number of carboxylic acid groups (broad SMARTS) is 1. The lowest BCUT2D eigenvalue weighted by Crippen LogP contribution is -2.48. The van der Waals surface area contributed by atoms with Gasteiger partial charge in [-0.15, -0.1) is 0 Å². The number of hydrogen-bond donors (Lipinski definition) is 1. The first-order valence-corrected chi connectivity index (χ1v) is 7.13. The molecule has 0 amide bonds. The van der Waals surface area contributed by atoms with E-state index in [-0.39, 0.29) is 29.8 Å². The van der Waals surface area contributed by atoms with Crippen LogP contribution < -0.4 is 0 Å². The first-order chi connectivity index (χ1) is 8.72. The zero-order valence-electron chi connectivity index (χ0n) is 14.2. The van der Waals surface area contributed by atoms with E-state index in [4.69, 9.17) is 4.74 Å². The van der Waals surface area contributed by atoms with Gasteiger partial charge < -0.3 is 9.84 Å². The minimum absolute atomic E-state index is 0.182. The van der Waals surface area contributed by atoms with Crippen molar-refractivity contribution in [2.75, 3.05) is 6.61 Å². The van der Waals surface area contributed by atoms with Crippen LogP contribution in [-0.4, -0.2) is 23.7 Å². The van der Waals surface area contributed by atoms with E-state index in [1.807, 2.05) is 41.5 Å². The zero-order chi connectivity index (χ0) is 16.4. The van der Waals surface area contributed by atoms with Gasteiger partial charge in [0.1, 0.15) is 0 Å². The van der Waals surface area contributed by atoms with Gasteiger partial charge in [-0.05, 0) is 23.2 Å². The topological polar surface area (TPSA) is 63.6 Å². The van der Waals surface area contributed by atoms with Gasteiger partial charge >= 0.3 is 11.9 Å². The number of carbonyl (C=O) groups is 2. The monoisotopic (exact) mass is 286 g/mol. The summed E-state index contributed by atoms with van der Waals surface area (Å²) in [6, 6.07) is 0. The molecule has 0 radical (unpaired) electrons. The lowest BCUT2D eigenvalue weighted by molar-refractivity contribution is -0.177. The fraction of sp³-hybridized carbons (Fsp3) is 0.875. The van der Waals surface area contributed by atoms with Crippen molar-refractivity contribution in [2.45, 2.75) is 61.8 Å². The molecule has 0 bridgehead atoms. The van der Waals surface area contributed by atoms with E-state index < -0.39 is 17.4 Å². The zero-order valence-corrected chi connectivity index (χ0v) is 14.2. The summed E-state index contributed by atoms with van der Waals surface area (Å²) in [6.45, 7) is 15.4. The summed E-state index contributed by atoms with van der Waals surface area (Å²) in [4.78, 5) is 24.3. The van der Waals surface area contributed by atoms with Gasteiger partial charge in [0.25, 0.3) is 0 Å². The molecule has 0 fully saturated rings. The Morgan fingerprint density at radius 1 is 1.00 bits per heavy atom. The van der Waals surface area contributed by atoms with Crippen molar-refractivity contribution in [3.05, 3.63) is 0 Å². The molecular weight excluding hydrogens is 256 g/mol. The highest BCUT2D eigenvalue weighted by Crippen LogP contribution is 2.41. The van der Waals surface area contributed by atoms with Crippen molar-refractivity contribution >= 4 is 11.9 Å². The third-order valence-corrected chi connectivity index (χ3v) is 3.18. The molecule has 0 aromatic carbocycles. The maximum absolute atomic E-state index is 12.5. The Bertz CT molecular complexity index is 358. The molecule has 0 rings (SSSR count). The molecule has 1 N–H and O–H groups in total. The second-order valence-electron chi connectivity index (χ2n) is 8.31. The van der Waals surface area contributed by atoms with Gasteiger partial charge in [-0.2, -0.15) is 0 Å². The van der Waals surface area contributed by atoms with E-state index in [0.29, 0.717) is 0 Å². The molecule has 0 aliphatic rings. The molecule has 0 saturated carbocycles. The Morgan fingerprint density at radius 2 is 1.45 bits per heavy atom. The molecule has 1 atom stereocenters. The van der Waals surface area contributed by atoms with Crippen molar-refractivity contribution < 1.29 is 19.4 Å². The molecule has 4 nitrogen and oxygen atoms in total. The summed E-state index contributed by atoms with van der Waals surface area (Å²) in [6.07, 6.45) is 0.260. The maximum atomic E-state index is 12.5. The summed E-state index contributed by atoms with van der Waals surface area (Å²) in [7, 11) is 0. The Morgan fingerprint density at radius 3 is 1.70 bits per heavy atom. The standard InChI is InChI=1S/C16H30O4/c1-11(2)16(12(17)18,9-14(3,4)5)13(19)20-10-15(6,7)8/h11H,9-10H2,1-8H3,(H,17,18). The van der Waals surface area contributed by atoms with Gasteiger partial charge in [-0.3, -0.25) is 9.59 Å². The number of carboxylic acids is 1. The van der Waals surface area contributed by atoms with E-state index in [9.17, 15) is 14.7 Å². The van der Waals surface area contributed by atoms with Crippen LogP contribution in [-0.2, 0) is 14.3 Å². The summed E-state index contributed by atoms with van der Waals surface area (Å²) in [5.41, 5.74) is -1.94. The maximum Gasteiger partial charge on any atom is 0.323 e. The number of hydrogen-bond acceptors (Lipinski definition) is 3. The highest BCUT2D eigenvalue weighted by atomic mass is 16.5. The fourth-order valence-electron chi connectivity index (χ4n) is 2.17. The molecule has 4 heteroatoms. The third-order valence-electron chi connectivity index (χ3n) is 3.18. The average Bonchev–Trinajstić information content (AvgIpc) is 2.19. The second kappa shape index (κ2) is 6.15. The Kier molecular flexibility index (Phi) is 5.82. The highest BCUT2D eigenvalue weighted by molar-refractivity contribution is 5.99. The largest absolute Gasteiger partial charge is 0.480 e. The van der Waals surface area contributed by atoms with Gasteiger partial charge in [0, 0.05) is 0 Å². The molecular formula is C16H30O4. The normalized spacial score (nSPS) is 15.8. The summed E-state index contributed by atoms with van der Waals surface area (Å²) < 4.78 is 5.32. The van der Waals surface area contributed by atoms with Crippen molar-refractivity contribution in [1.82, 2.24) is 0 Å². The van der Waals surface area contributed by atoms with E-state index in [1.54, 1.807) is 13.8 Å². The van der Waals surface area contributed by atoms with Gasteiger partial charge in [0.05, 0.1) is 6.61 Å². The van der Waals surface area contributed by atoms with Crippen molar-refractivity contribution in [2.24, 2.45) is 22.2 Å². The molecule has 0 aromatic heterocycles. The average molecular weight is 286 g/mol. The highest BCUT2D eigenvalue weighted by Gasteiger charge is 2.52. The van der Waals surface area contributed by atoms with Crippen LogP contribution in [0.25, 0.3) is 0 Å². The molecule has 0 aliphatic heterocycles. The first-order valence-electron chi connectivity index (χ1n) is 7.13. The molecule has 0 saturated heterocycles. The second-order valence-corrected chi connectivity index (χ2v) is 8.31. The smallest absolute Gasteiger partial charge is 0.323 e. The van der Waals surface area contributed by atoms with Crippen LogP contribution in [0.15, 0.2) is 0 Å². The van der Waals surface area contributed by atoms with Crippen LogP contribution >= 0.6 is 0 Å². The molecule has 20 heavy (non-hydrogen) atoms. The quantitative estimate of drug-likeness (QED) is 0.617. The van der Waals surface area contributed by atoms with Crippen LogP contribution in [0.5, 0.6) is 0 Å². The predicted molar refractivity (Wildman–Crippen MR) is 79.4 cm³/mol. The third kappa shape index (κ3) is 5.14. The van der Waals surface area contributed by atoms with E-state index in [2.05, 4.69) is 0 Å². The van der Waals surface area contributed by atoms with E-state index >= 15 is 0 Å². The van der Waals surface area contributed by atoms with Gasteiger partial charge in [-0.1, -0.05) is 55.4 Å². The van der Waals surface area contributed by atoms with E-state index in [0.717, 1.165) is 0 Å². The van der Waals surface area contributed by atoms with E-state index in [1.165, 1.54) is 0 Å². The summed E-state index contributed by atoms with van der Waals surface area (Å²) >= 11 is 0. The number of esters is 1. The Labute approximate surface area is 122 Å². The lowest BCUT2D eigenvalue weighted by Gasteiger charge is -2.36. The van der Waals surface area contributed by atoms with Gasteiger partial charge in [0.15, 0.2) is 5.41 Å². The fourth-order valence-corrected chi connectivity index (χ4v) is 2.17. The van der Waals surface area contributed by atoms with Crippen LogP contribution in [0.3, 0.4) is 0 Å². The number of rotatable bonds is 5. The minimum atomic E-state index is -1.48. The summed E-state index contributed by atoms with van der Waals surface area (Å²) in [5.74, 6) is -2.04. The molecule has 0 spiro atoms. The van der Waals surface area contributed by atoms with Crippen molar-refractivity contribution in [1.29, 1.82) is 0 Å². The predicted octanol–water partition coefficient (Wildman–Crippen LogP) is 3.74. The van der Waals surface area contributed by atoms with Crippen molar-refractivity contribution in [3.63, 3.8) is 0 Å². The number of aliphatic carboxylic acids is 1. The first kappa shape index (κ1) is 18.9. The van der Waals surface area contributed by atoms with Crippen molar-refractivity contribution in [3.8, 4) is 0 Å². The molecule has 0 aliphatic carbocycles. The SMILES string of the molecule is CC(C)C(CC(C)(C)C)(C(=O)O)C(=O)OCC(C)(C)C. The lowest BCUT2D eigenvalue weighted by atomic mass is 9.67. The number of carbonyl (C=O) groups excluding carboxylic acids is 1. The molecule has 0 heterocycles. The summed E-state index contributed by atoms with van der Waals surface area (Å²) in [5, 5.41) is 9.66. The molecule has 1 unspecified atom stereocenters. The Balaban J connectivity index is 5.41. The Hall–Kier alpha value is -1.06. The van der Waals surface area contributed by atoms with Crippen LogP contribution in [0, 0.1) is 22.2 Å². The van der Waals surface area contributed by atoms with Crippen LogP contribution in [0.1, 0.15) is 61.8 Å². The van der Waals surface area contributed by atoms with Crippen LogP contribution in [0.2, 0.25) is 0 Å². The van der Waals surface area contributed by atoms with Gasteiger partial charge in [0.2, 0.25) is 0 Å². The molecule has 0 aromatic rings. The number of ether oxygens (including phenoxy) is 1. The van der Waals surface area contributed by atoms with Gasteiger partial charge in [-0.25, -0.2) is 0 Å². The minimum Gasteiger partial charge on any atom is -0.480 e. The van der Waals surface area contributed by atoms with Crippen LogP contribution in [0.4, 0.5) is 0 Å². The molecule has 118 valence electrons.